The minimum atomic E-state index is 0.724. The zero-order chi connectivity index (χ0) is 27.9. The van der Waals surface area contributed by atoms with Crippen LogP contribution in [-0.2, 0) is 0 Å². The van der Waals surface area contributed by atoms with Crippen molar-refractivity contribution in [3.05, 3.63) is 152 Å². The summed E-state index contributed by atoms with van der Waals surface area (Å²) in [5.74, 6) is 0.724. The molecule has 42 heavy (non-hydrogen) atoms. The molecule has 0 saturated carbocycles. The highest BCUT2D eigenvalue weighted by Gasteiger charge is 2.17. The Morgan fingerprint density at radius 1 is 0.357 bits per heavy atom. The number of fused-ring (bicyclic) bond motifs is 4. The average Bonchev–Trinajstić information content (AvgIpc) is 3.08. The van der Waals surface area contributed by atoms with Crippen LogP contribution in [-0.4, -0.2) is 15.0 Å². The molecule has 0 N–H and O–H groups in total. The second kappa shape index (κ2) is 10.1. The first-order valence-corrected chi connectivity index (χ1v) is 14.1. The van der Waals surface area contributed by atoms with Crippen molar-refractivity contribution in [2.24, 2.45) is 0 Å². The van der Waals surface area contributed by atoms with Gasteiger partial charge in [0.25, 0.3) is 0 Å². The highest BCUT2D eigenvalue weighted by molar-refractivity contribution is 6.19. The van der Waals surface area contributed by atoms with Gasteiger partial charge in [0.1, 0.15) is 0 Å². The number of aromatic nitrogens is 3. The molecule has 0 saturated heterocycles. The first-order valence-electron chi connectivity index (χ1n) is 14.1. The third-order valence-electron chi connectivity index (χ3n) is 7.98. The summed E-state index contributed by atoms with van der Waals surface area (Å²) < 4.78 is 0. The van der Waals surface area contributed by atoms with E-state index in [9.17, 15) is 0 Å². The highest BCUT2D eigenvalue weighted by Crippen LogP contribution is 2.39. The van der Waals surface area contributed by atoms with Crippen molar-refractivity contribution >= 4 is 32.3 Å². The summed E-state index contributed by atoms with van der Waals surface area (Å²) >= 11 is 0. The van der Waals surface area contributed by atoms with E-state index < -0.39 is 0 Å². The van der Waals surface area contributed by atoms with E-state index in [0.717, 1.165) is 55.8 Å². The Kier molecular flexibility index (Phi) is 5.79. The number of hydrogen-bond acceptors (Lipinski definition) is 3. The number of benzene rings is 6. The lowest BCUT2D eigenvalue weighted by Gasteiger charge is -2.15. The maximum atomic E-state index is 5.26. The topological polar surface area (TPSA) is 38.7 Å². The fourth-order valence-electron chi connectivity index (χ4n) is 5.90. The van der Waals surface area contributed by atoms with Crippen molar-refractivity contribution in [3.63, 3.8) is 0 Å². The molecule has 2 heterocycles. The average molecular weight is 536 g/mol. The summed E-state index contributed by atoms with van der Waals surface area (Å²) in [6, 6.07) is 49.0. The molecule has 8 rings (SSSR count). The smallest absolute Gasteiger partial charge is 0.161 e. The van der Waals surface area contributed by atoms with Gasteiger partial charge >= 0.3 is 0 Å². The summed E-state index contributed by atoms with van der Waals surface area (Å²) in [5, 5.41) is 7.13. The van der Waals surface area contributed by atoms with Crippen LogP contribution < -0.4 is 0 Å². The number of pyridine rings is 1. The molecule has 3 heteroatoms. The van der Waals surface area contributed by atoms with Crippen LogP contribution in [0.15, 0.2) is 152 Å². The molecule has 2 aromatic heterocycles. The van der Waals surface area contributed by atoms with Crippen molar-refractivity contribution in [1.29, 1.82) is 0 Å². The Bertz CT molecular complexity index is 2220. The molecule has 0 bridgehead atoms. The van der Waals surface area contributed by atoms with E-state index in [0.29, 0.717) is 0 Å². The molecule has 6 aromatic carbocycles. The molecule has 3 nitrogen and oxygen atoms in total. The van der Waals surface area contributed by atoms with E-state index in [-0.39, 0.29) is 0 Å². The van der Waals surface area contributed by atoms with E-state index in [1.807, 2.05) is 30.6 Å². The monoisotopic (exact) mass is 535 g/mol. The van der Waals surface area contributed by atoms with Gasteiger partial charge in [-0.05, 0) is 67.7 Å². The van der Waals surface area contributed by atoms with E-state index in [1.54, 1.807) is 0 Å². The lowest BCUT2D eigenvalue weighted by molar-refractivity contribution is 1.19. The van der Waals surface area contributed by atoms with Crippen molar-refractivity contribution in [2.75, 3.05) is 0 Å². The van der Waals surface area contributed by atoms with Crippen molar-refractivity contribution < 1.29 is 0 Å². The first kappa shape index (κ1) is 24.2. The van der Waals surface area contributed by atoms with Gasteiger partial charge in [0.2, 0.25) is 0 Å². The fourth-order valence-corrected chi connectivity index (χ4v) is 5.90. The Morgan fingerprint density at radius 3 is 1.71 bits per heavy atom. The van der Waals surface area contributed by atoms with Gasteiger partial charge in [0, 0.05) is 29.1 Å². The van der Waals surface area contributed by atoms with Crippen LogP contribution in [0.1, 0.15) is 0 Å². The number of rotatable bonds is 4. The largest absolute Gasteiger partial charge is 0.265 e. The van der Waals surface area contributed by atoms with Crippen molar-refractivity contribution in [3.8, 4) is 45.0 Å². The fraction of sp³-hybridized carbons (Fsp3) is 0. The maximum Gasteiger partial charge on any atom is 0.161 e. The molecule has 0 amide bonds. The van der Waals surface area contributed by atoms with Gasteiger partial charge in [-0.15, -0.1) is 0 Å². The van der Waals surface area contributed by atoms with Crippen LogP contribution in [0, 0.1) is 0 Å². The standard InChI is InChI=1S/C39H25N3/c1-2-9-29(10-3-1)36-25-37(30-16-14-26(15-17-30)27-20-22-40-23-21-27)42-39(41-36)38-33-13-7-5-11-31(33)24-35-32-12-6-4-8-28(32)18-19-34(35)38/h1-25H. The van der Waals surface area contributed by atoms with Crippen molar-refractivity contribution in [1.82, 2.24) is 15.0 Å². The summed E-state index contributed by atoms with van der Waals surface area (Å²) in [5.41, 5.74) is 7.23. The van der Waals surface area contributed by atoms with Gasteiger partial charge in [-0.25, -0.2) is 9.97 Å². The van der Waals surface area contributed by atoms with Gasteiger partial charge < -0.3 is 0 Å². The van der Waals surface area contributed by atoms with Crippen LogP contribution in [0.3, 0.4) is 0 Å². The molecule has 0 aliphatic carbocycles. The molecule has 0 atom stereocenters. The summed E-state index contributed by atoms with van der Waals surface area (Å²) in [4.78, 5) is 14.6. The van der Waals surface area contributed by atoms with Gasteiger partial charge in [0.15, 0.2) is 5.82 Å². The molecule has 0 aliphatic rings. The third kappa shape index (κ3) is 4.20. The minimum Gasteiger partial charge on any atom is -0.265 e. The van der Waals surface area contributed by atoms with Crippen LogP contribution in [0.5, 0.6) is 0 Å². The molecular weight excluding hydrogens is 510 g/mol. The number of hydrogen-bond donors (Lipinski definition) is 0. The van der Waals surface area contributed by atoms with Crippen LogP contribution in [0.25, 0.3) is 77.3 Å². The maximum absolute atomic E-state index is 5.26. The lowest BCUT2D eigenvalue weighted by atomic mass is 9.92. The van der Waals surface area contributed by atoms with E-state index in [2.05, 4.69) is 126 Å². The molecule has 196 valence electrons. The van der Waals surface area contributed by atoms with Crippen LogP contribution >= 0.6 is 0 Å². The van der Waals surface area contributed by atoms with Crippen molar-refractivity contribution in [2.45, 2.75) is 0 Å². The predicted molar refractivity (Wildman–Crippen MR) is 174 cm³/mol. The zero-order valence-corrected chi connectivity index (χ0v) is 22.8. The van der Waals surface area contributed by atoms with Crippen LogP contribution in [0.4, 0.5) is 0 Å². The van der Waals surface area contributed by atoms with Gasteiger partial charge in [0.05, 0.1) is 11.4 Å². The van der Waals surface area contributed by atoms with E-state index >= 15 is 0 Å². The molecule has 0 unspecified atom stereocenters. The van der Waals surface area contributed by atoms with E-state index in [4.69, 9.17) is 9.97 Å². The molecule has 0 aliphatic heterocycles. The summed E-state index contributed by atoms with van der Waals surface area (Å²) in [6.45, 7) is 0. The van der Waals surface area contributed by atoms with Gasteiger partial charge in [-0.2, -0.15) is 0 Å². The second-order valence-corrected chi connectivity index (χ2v) is 10.5. The third-order valence-corrected chi connectivity index (χ3v) is 7.98. The summed E-state index contributed by atoms with van der Waals surface area (Å²) in [7, 11) is 0. The zero-order valence-electron chi connectivity index (χ0n) is 22.8. The Labute approximate surface area is 243 Å². The molecule has 0 radical (unpaired) electrons. The van der Waals surface area contributed by atoms with Crippen LogP contribution in [0.2, 0.25) is 0 Å². The minimum absolute atomic E-state index is 0.724. The Balaban J connectivity index is 1.40. The van der Waals surface area contributed by atoms with Gasteiger partial charge in [-0.3, -0.25) is 4.98 Å². The second-order valence-electron chi connectivity index (χ2n) is 10.5. The first-order chi connectivity index (χ1) is 20.8. The molecule has 8 aromatic rings. The highest BCUT2D eigenvalue weighted by atomic mass is 14.9. The summed E-state index contributed by atoms with van der Waals surface area (Å²) in [6.07, 6.45) is 3.65. The van der Waals surface area contributed by atoms with E-state index in [1.165, 1.54) is 21.5 Å². The molecule has 0 fully saturated rings. The molecular formula is C39H25N3. The Morgan fingerprint density at radius 2 is 0.952 bits per heavy atom. The normalized spacial score (nSPS) is 11.3. The quantitative estimate of drug-likeness (QED) is 0.166. The number of nitrogens with zero attached hydrogens (tertiary/aromatic N) is 3. The lowest BCUT2D eigenvalue weighted by Crippen LogP contribution is -1.98. The molecule has 0 spiro atoms. The Hall–Kier alpha value is -5.67. The SMILES string of the molecule is c1ccc(-c2cc(-c3ccc(-c4ccncc4)cc3)nc(-c3c4ccccc4cc4c3ccc3ccccc34)n2)cc1. The van der Waals surface area contributed by atoms with Gasteiger partial charge in [-0.1, -0.05) is 115 Å². The predicted octanol–water partition coefficient (Wildman–Crippen LogP) is 10.00.